The largest absolute Gasteiger partial charge is 0.302 e. The molecule has 2 aromatic rings. The highest BCUT2D eigenvalue weighted by molar-refractivity contribution is 6.30. The Morgan fingerprint density at radius 2 is 1.77 bits per heavy atom. The van der Waals surface area contributed by atoms with Crippen LogP contribution in [0.25, 0.3) is 0 Å². The fraction of sp³-hybridized carbons (Fsp3) is 0.294. The standard InChI is InChI=1S/C17H17Cl2N3/c1-10(2)15-16(11-3-6-13(18)7-4-11)21-22-17(15)12-5-8-14(19)20-9-12/h3-10,15,17,22H,1-2H3. The zero-order valence-corrected chi connectivity index (χ0v) is 13.9. The minimum Gasteiger partial charge on any atom is -0.302 e. The second kappa shape index (κ2) is 6.27. The summed E-state index contributed by atoms with van der Waals surface area (Å²) in [7, 11) is 0. The van der Waals surface area contributed by atoms with Crippen LogP contribution in [-0.4, -0.2) is 10.7 Å². The first-order valence-electron chi connectivity index (χ1n) is 7.27. The number of halogens is 2. The van der Waals surface area contributed by atoms with E-state index in [9.17, 15) is 0 Å². The van der Waals surface area contributed by atoms with Crippen molar-refractivity contribution in [3.63, 3.8) is 0 Å². The molecule has 1 aromatic carbocycles. The van der Waals surface area contributed by atoms with Gasteiger partial charge in [0, 0.05) is 17.1 Å². The van der Waals surface area contributed by atoms with Crippen molar-refractivity contribution in [2.75, 3.05) is 0 Å². The van der Waals surface area contributed by atoms with Gasteiger partial charge in [0.05, 0.1) is 11.8 Å². The molecule has 22 heavy (non-hydrogen) atoms. The van der Waals surface area contributed by atoms with Crippen LogP contribution in [0.2, 0.25) is 10.2 Å². The van der Waals surface area contributed by atoms with E-state index >= 15 is 0 Å². The van der Waals surface area contributed by atoms with Gasteiger partial charge in [-0.25, -0.2) is 4.98 Å². The van der Waals surface area contributed by atoms with Crippen molar-refractivity contribution in [1.82, 2.24) is 10.4 Å². The highest BCUT2D eigenvalue weighted by atomic mass is 35.5. The van der Waals surface area contributed by atoms with Crippen LogP contribution >= 0.6 is 23.2 Å². The summed E-state index contributed by atoms with van der Waals surface area (Å²) in [4.78, 5) is 4.18. The van der Waals surface area contributed by atoms with Gasteiger partial charge >= 0.3 is 0 Å². The zero-order valence-electron chi connectivity index (χ0n) is 12.4. The lowest BCUT2D eigenvalue weighted by Crippen LogP contribution is -2.26. The number of nitrogens with zero attached hydrogens (tertiary/aromatic N) is 2. The van der Waals surface area contributed by atoms with Crippen LogP contribution in [0.15, 0.2) is 47.7 Å². The Hall–Kier alpha value is -1.58. The Labute approximate surface area is 140 Å². The van der Waals surface area contributed by atoms with Gasteiger partial charge in [0.2, 0.25) is 0 Å². The summed E-state index contributed by atoms with van der Waals surface area (Å²) in [6.07, 6.45) is 1.82. The summed E-state index contributed by atoms with van der Waals surface area (Å²) >= 11 is 11.9. The average molecular weight is 334 g/mol. The van der Waals surface area contributed by atoms with Crippen LogP contribution in [-0.2, 0) is 0 Å². The molecule has 0 saturated heterocycles. The molecule has 2 heterocycles. The summed E-state index contributed by atoms with van der Waals surface area (Å²) < 4.78 is 0. The van der Waals surface area contributed by atoms with E-state index in [-0.39, 0.29) is 12.0 Å². The lowest BCUT2D eigenvalue weighted by Gasteiger charge is -2.24. The fourth-order valence-corrected chi connectivity index (χ4v) is 3.12. The number of benzene rings is 1. The minimum absolute atomic E-state index is 0.107. The van der Waals surface area contributed by atoms with Gasteiger partial charge in [-0.15, -0.1) is 0 Å². The highest BCUT2D eigenvalue weighted by Gasteiger charge is 2.35. The predicted octanol–water partition coefficient (Wildman–Crippen LogP) is 4.71. The van der Waals surface area contributed by atoms with Gasteiger partial charge in [-0.3, -0.25) is 0 Å². The molecule has 0 amide bonds. The molecule has 1 N–H and O–H groups in total. The SMILES string of the molecule is CC(C)C1C(c2ccc(Cl)cc2)=NNC1c1ccc(Cl)nc1. The third kappa shape index (κ3) is 2.96. The zero-order chi connectivity index (χ0) is 15.7. The van der Waals surface area contributed by atoms with E-state index in [0.29, 0.717) is 11.1 Å². The third-order valence-electron chi connectivity index (χ3n) is 3.97. The molecule has 0 fully saturated rings. The molecule has 0 bridgehead atoms. The molecule has 2 atom stereocenters. The number of hydrogen-bond donors (Lipinski definition) is 1. The van der Waals surface area contributed by atoms with Gasteiger partial charge in [-0.05, 0) is 35.2 Å². The van der Waals surface area contributed by atoms with E-state index in [1.807, 2.05) is 42.6 Å². The van der Waals surface area contributed by atoms with Crippen molar-refractivity contribution in [2.24, 2.45) is 16.9 Å². The minimum atomic E-state index is 0.107. The van der Waals surface area contributed by atoms with Gasteiger partial charge in [0.1, 0.15) is 5.15 Å². The van der Waals surface area contributed by atoms with Crippen molar-refractivity contribution in [1.29, 1.82) is 0 Å². The lowest BCUT2D eigenvalue weighted by atomic mass is 9.80. The first kappa shape index (κ1) is 15.3. The number of rotatable bonds is 3. The summed E-state index contributed by atoms with van der Waals surface area (Å²) in [6, 6.07) is 11.7. The van der Waals surface area contributed by atoms with Gasteiger partial charge in [-0.2, -0.15) is 5.10 Å². The quantitative estimate of drug-likeness (QED) is 0.826. The molecule has 1 aliphatic heterocycles. The maximum Gasteiger partial charge on any atom is 0.129 e. The first-order chi connectivity index (χ1) is 10.6. The van der Waals surface area contributed by atoms with Gasteiger partial charge in [0.15, 0.2) is 0 Å². The molecular formula is C17H17Cl2N3. The van der Waals surface area contributed by atoms with Crippen molar-refractivity contribution in [3.8, 4) is 0 Å². The van der Waals surface area contributed by atoms with Crippen molar-refractivity contribution in [3.05, 3.63) is 63.9 Å². The molecule has 0 radical (unpaired) electrons. The van der Waals surface area contributed by atoms with Crippen LogP contribution in [0.4, 0.5) is 0 Å². The molecule has 0 aliphatic carbocycles. The lowest BCUT2D eigenvalue weighted by molar-refractivity contribution is 0.397. The topological polar surface area (TPSA) is 37.3 Å². The van der Waals surface area contributed by atoms with Crippen molar-refractivity contribution >= 4 is 28.9 Å². The molecule has 114 valence electrons. The number of pyridine rings is 1. The van der Waals surface area contributed by atoms with E-state index in [4.69, 9.17) is 23.2 Å². The number of nitrogens with one attached hydrogen (secondary N) is 1. The smallest absolute Gasteiger partial charge is 0.129 e. The Bertz CT molecular complexity index is 678. The maximum atomic E-state index is 5.98. The van der Waals surface area contributed by atoms with Crippen molar-refractivity contribution < 1.29 is 0 Å². The van der Waals surface area contributed by atoms with Crippen LogP contribution in [0.5, 0.6) is 0 Å². The summed E-state index contributed by atoms with van der Waals surface area (Å²) in [6.45, 7) is 4.42. The molecule has 0 spiro atoms. The van der Waals surface area contributed by atoms with Crippen LogP contribution in [0.1, 0.15) is 31.0 Å². The monoisotopic (exact) mass is 333 g/mol. The van der Waals surface area contributed by atoms with Crippen LogP contribution in [0, 0.1) is 11.8 Å². The van der Waals surface area contributed by atoms with Gasteiger partial charge in [-0.1, -0.05) is 55.2 Å². The normalized spacial score (nSPS) is 20.9. The Balaban J connectivity index is 1.93. The second-order valence-electron chi connectivity index (χ2n) is 5.79. The molecule has 2 unspecified atom stereocenters. The molecule has 1 aliphatic rings. The molecular weight excluding hydrogens is 317 g/mol. The summed E-state index contributed by atoms with van der Waals surface area (Å²) in [5.74, 6) is 0.703. The molecule has 3 rings (SSSR count). The van der Waals surface area contributed by atoms with E-state index in [2.05, 4.69) is 29.4 Å². The Kier molecular flexibility index (Phi) is 4.37. The van der Waals surface area contributed by atoms with E-state index in [1.54, 1.807) is 0 Å². The molecule has 0 saturated carbocycles. The highest BCUT2D eigenvalue weighted by Crippen LogP contribution is 2.35. The third-order valence-corrected chi connectivity index (χ3v) is 4.44. The summed E-state index contributed by atoms with van der Waals surface area (Å²) in [5.41, 5.74) is 6.51. The van der Waals surface area contributed by atoms with Gasteiger partial charge < -0.3 is 5.43 Å². The molecule has 3 nitrogen and oxygen atoms in total. The average Bonchev–Trinajstić information content (AvgIpc) is 2.94. The van der Waals surface area contributed by atoms with E-state index in [1.165, 1.54) is 0 Å². The van der Waals surface area contributed by atoms with Crippen molar-refractivity contribution in [2.45, 2.75) is 19.9 Å². The van der Waals surface area contributed by atoms with Crippen LogP contribution < -0.4 is 5.43 Å². The Morgan fingerprint density at radius 3 is 2.36 bits per heavy atom. The Morgan fingerprint density at radius 1 is 1.05 bits per heavy atom. The molecule has 5 heteroatoms. The van der Waals surface area contributed by atoms with E-state index < -0.39 is 0 Å². The second-order valence-corrected chi connectivity index (χ2v) is 6.62. The number of aromatic nitrogens is 1. The van der Waals surface area contributed by atoms with Gasteiger partial charge in [0.25, 0.3) is 0 Å². The van der Waals surface area contributed by atoms with Crippen LogP contribution in [0.3, 0.4) is 0 Å². The summed E-state index contributed by atoms with van der Waals surface area (Å²) in [5, 5.41) is 5.81. The number of hydrogen-bond acceptors (Lipinski definition) is 3. The molecule has 1 aromatic heterocycles. The number of hydrazone groups is 1. The fourth-order valence-electron chi connectivity index (χ4n) is 2.88. The van der Waals surface area contributed by atoms with E-state index in [0.717, 1.165) is 21.9 Å². The maximum absolute atomic E-state index is 5.98. The predicted molar refractivity (Wildman–Crippen MR) is 91.4 cm³/mol. The first-order valence-corrected chi connectivity index (χ1v) is 8.02.